The van der Waals surface area contributed by atoms with E-state index in [0.29, 0.717) is 0 Å². The molecule has 0 aliphatic heterocycles. The molecular weight excluding hydrogens is 591 g/mol. The molecule has 0 bridgehead atoms. The van der Waals surface area contributed by atoms with Crippen LogP contribution in [0.4, 0.5) is 0 Å². The summed E-state index contributed by atoms with van der Waals surface area (Å²) in [5, 5.41) is 0. The maximum atomic E-state index is 2.49. The lowest BCUT2D eigenvalue weighted by molar-refractivity contribution is -0.688. The van der Waals surface area contributed by atoms with E-state index < -0.39 is 0 Å². The fourth-order valence-electron chi connectivity index (χ4n) is 7.71. The van der Waals surface area contributed by atoms with E-state index in [1.54, 1.807) is 11.1 Å². The van der Waals surface area contributed by atoms with Crippen molar-refractivity contribution in [1.82, 2.24) is 0 Å². The number of aromatic nitrogens is 1. The highest BCUT2D eigenvalue weighted by molar-refractivity contribution is 5.22. The minimum Gasteiger partial charge on any atom is -0.200 e. The van der Waals surface area contributed by atoms with E-state index in [1.807, 2.05) is 0 Å². The monoisotopic (exact) mass is 675 g/mol. The molecule has 0 aliphatic carbocycles. The highest BCUT2D eigenvalue weighted by atomic mass is 14.9. The van der Waals surface area contributed by atoms with Crippen LogP contribution >= 0.6 is 0 Å². The van der Waals surface area contributed by atoms with Crippen LogP contribution in [0.1, 0.15) is 236 Å². The standard InChI is InChI=1S/C48H84N/c1-3-5-7-9-11-13-15-17-19-21-23-25-27-29-31-36-40-47-42-43-49(44-46-38-34-33-35-39-46)45-48(47)41-37-32-30-28-26-24-22-20-18-16-14-12-10-8-6-4-2/h33-35,38-39,42-43,45H,3-32,36-37,40-41,44H2,1-2H3/q+1. The third-order valence-corrected chi connectivity index (χ3v) is 11.0. The van der Waals surface area contributed by atoms with Crippen molar-refractivity contribution in [3.8, 4) is 0 Å². The van der Waals surface area contributed by atoms with Gasteiger partial charge in [0.05, 0.1) is 0 Å². The van der Waals surface area contributed by atoms with E-state index in [-0.39, 0.29) is 0 Å². The van der Waals surface area contributed by atoms with Gasteiger partial charge in [-0.3, -0.25) is 0 Å². The number of unbranched alkanes of at least 4 members (excludes halogenated alkanes) is 30. The van der Waals surface area contributed by atoms with Crippen molar-refractivity contribution < 1.29 is 4.57 Å². The van der Waals surface area contributed by atoms with Crippen LogP contribution in [0.25, 0.3) is 0 Å². The zero-order valence-corrected chi connectivity index (χ0v) is 33.3. The molecule has 1 heterocycles. The quantitative estimate of drug-likeness (QED) is 0.0500. The van der Waals surface area contributed by atoms with Crippen LogP contribution in [0.15, 0.2) is 48.8 Å². The number of rotatable bonds is 36. The Morgan fingerprint density at radius 3 is 1.04 bits per heavy atom. The first-order valence-corrected chi connectivity index (χ1v) is 22.4. The Morgan fingerprint density at radius 2 is 0.673 bits per heavy atom. The Hall–Kier alpha value is -1.63. The zero-order valence-electron chi connectivity index (χ0n) is 33.3. The van der Waals surface area contributed by atoms with E-state index in [2.05, 4.69) is 67.2 Å². The summed E-state index contributed by atoms with van der Waals surface area (Å²) in [5.41, 5.74) is 4.63. The summed E-state index contributed by atoms with van der Waals surface area (Å²) in [6.07, 6.45) is 53.4. The zero-order chi connectivity index (χ0) is 34.7. The molecule has 49 heavy (non-hydrogen) atoms. The molecule has 1 nitrogen and oxygen atoms in total. The summed E-state index contributed by atoms with van der Waals surface area (Å²) in [6, 6.07) is 13.4. The molecule has 0 radical (unpaired) electrons. The number of nitrogens with zero attached hydrogens (tertiary/aromatic N) is 1. The predicted molar refractivity (Wildman–Crippen MR) is 219 cm³/mol. The van der Waals surface area contributed by atoms with Crippen LogP contribution in [-0.4, -0.2) is 0 Å². The van der Waals surface area contributed by atoms with E-state index >= 15 is 0 Å². The first-order chi connectivity index (χ1) is 24.3. The molecule has 1 heteroatoms. The molecule has 1 aromatic heterocycles. The van der Waals surface area contributed by atoms with Crippen LogP contribution in [0, 0.1) is 0 Å². The highest BCUT2D eigenvalue weighted by Crippen LogP contribution is 2.19. The maximum absolute atomic E-state index is 2.49. The number of hydrogen-bond donors (Lipinski definition) is 0. The van der Waals surface area contributed by atoms with Gasteiger partial charge in [0.25, 0.3) is 0 Å². The van der Waals surface area contributed by atoms with Crippen molar-refractivity contribution in [3.63, 3.8) is 0 Å². The summed E-state index contributed by atoms with van der Waals surface area (Å²) in [6.45, 7) is 5.60. The number of aryl methyl sites for hydroxylation is 2. The highest BCUT2D eigenvalue weighted by Gasteiger charge is 2.11. The van der Waals surface area contributed by atoms with Crippen molar-refractivity contribution in [2.45, 2.75) is 239 Å². The lowest BCUT2D eigenvalue weighted by Gasteiger charge is -2.10. The molecule has 1 aromatic carbocycles. The van der Waals surface area contributed by atoms with E-state index in [9.17, 15) is 0 Å². The molecule has 0 aliphatic rings. The second-order valence-corrected chi connectivity index (χ2v) is 15.8. The molecule has 0 atom stereocenters. The third-order valence-electron chi connectivity index (χ3n) is 11.0. The molecule has 280 valence electrons. The number of hydrogen-bond acceptors (Lipinski definition) is 0. The number of benzene rings is 1. The summed E-state index contributed by atoms with van der Waals surface area (Å²) in [4.78, 5) is 0. The van der Waals surface area contributed by atoms with Gasteiger partial charge in [-0.1, -0.05) is 237 Å². The van der Waals surface area contributed by atoms with Gasteiger partial charge in [0, 0.05) is 17.2 Å². The summed E-state index contributed by atoms with van der Waals surface area (Å²) >= 11 is 0. The minimum absolute atomic E-state index is 0.978. The fourth-order valence-corrected chi connectivity index (χ4v) is 7.71. The normalized spacial score (nSPS) is 11.5. The summed E-state index contributed by atoms with van der Waals surface area (Å²) in [5.74, 6) is 0. The first kappa shape index (κ1) is 43.5. The molecule has 0 N–H and O–H groups in total. The maximum Gasteiger partial charge on any atom is 0.173 e. The van der Waals surface area contributed by atoms with Gasteiger partial charge >= 0.3 is 0 Å². The summed E-state index contributed by atoms with van der Waals surface area (Å²) in [7, 11) is 0. The minimum atomic E-state index is 0.978. The second-order valence-electron chi connectivity index (χ2n) is 15.8. The Labute approximate surface area is 307 Å². The van der Waals surface area contributed by atoms with Crippen molar-refractivity contribution in [3.05, 3.63) is 65.5 Å². The molecule has 0 saturated carbocycles. The molecule has 0 saturated heterocycles. The second kappa shape index (κ2) is 33.5. The van der Waals surface area contributed by atoms with Gasteiger partial charge in [0.15, 0.2) is 18.9 Å². The van der Waals surface area contributed by atoms with Crippen LogP contribution in [-0.2, 0) is 19.4 Å². The molecule has 0 unspecified atom stereocenters. The van der Waals surface area contributed by atoms with Gasteiger partial charge < -0.3 is 0 Å². The number of pyridine rings is 1. The third kappa shape index (κ3) is 25.9. The fraction of sp³-hybridized carbons (Fsp3) is 0.771. The molecular formula is C48H84N+. The van der Waals surface area contributed by atoms with E-state index in [0.717, 1.165) is 6.54 Å². The average Bonchev–Trinajstić information content (AvgIpc) is 3.12. The SMILES string of the molecule is CCCCCCCCCCCCCCCCCCc1cc[n+](Cc2ccccc2)cc1CCCCCCCCCCCCCCCCCC. The molecule has 0 amide bonds. The lowest BCUT2D eigenvalue weighted by atomic mass is 9.97. The van der Waals surface area contributed by atoms with Gasteiger partial charge in [-0.2, -0.15) is 0 Å². The average molecular weight is 675 g/mol. The van der Waals surface area contributed by atoms with Crippen LogP contribution < -0.4 is 4.57 Å². The van der Waals surface area contributed by atoms with Gasteiger partial charge in [-0.05, 0) is 31.2 Å². The summed E-state index contributed by atoms with van der Waals surface area (Å²) < 4.78 is 2.42. The Kier molecular flexibility index (Phi) is 29.8. The Balaban J connectivity index is 1.56. The van der Waals surface area contributed by atoms with Gasteiger partial charge in [0.1, 0.15) is 0 Å². The predicted octanol–water partition coefficient (Wildman–Crippen LogP) is 15.6. The van der Waals surface area contributed by atoms with E-state index in [1.165, 1.54) is 224 Å². The van der Waals surface area contributed by atoms with Gasteiger partial charge in [-0.15, -0.1) is 0 Å². The van der Waals surface area contributed by atoms with E-state index in [4.69, 9.17) is 0 Å². The largest absolute Gasteiger partial charge is 0.200 e. The van der Waals surface area contributed by atoms with Crippen molar-refractivity contribution in [2.24, 2.45) is 0 Å². The van der Waals surface area contributed by atoms with Crippen molar-refractivity contribution in [2.75, 3.05) is 0 Å². The molecule has 0 spiro atoms. The lowest BCUT2D eigenvalue weighted by Crippen LogP contribution is -2.34. The van der Waals surface area contributed by atoms with Crippen LogP contribution in [0.3, 0.4) is 0 Å². The van der Waals surface area contributed by atoms with Gasteiger partial charge in [-0.25, -0.2) is 4.57 Å². The first-order valence-electron chi connectivity index (χ1n) is 22.4. The van der Waals surface area contributed by atoms with Crippen molar-refractivity contribution in [1.29, 1.82) is 0 Å². The Morgan fingerprint density at radius 1 is 0.347 bits per heavy atom. The molecule has 2 rings (SSSR count). The molecule has 2 aromatic rings. The topological polar surface area (TPSA) is 3.88 Å². The van der Waals surface area contributed by atoms with Crippen LogP contribution in [0.5, 0.6) is 0 Å². The smallest absolute Gasteiger partial charge is 0.173 e. The van der Waals surface area contributed by atoms with Gasteiger partial charge in [0.2, 0.25) is 0 Å². The van der Waals surface area contributed by atoms with Crippen LogP contribution in [0.2, 0.25) is 0 Å². The van der Waals surface area contributed by atoms with Crippen molar-refractivity contribution >= 4 is 0 Å². The Bertz CT molecular complexity index is 949. The molecule has 0 fully saturated rings.